The van der Waals surface area contributed by atoms with Gasteiger partial charge in [0.15, 0.2) is 0 Å². The van der Waals surface area contributed by atoms with Crippen molar-refractivity contribution < 1.29 is 23.9 Å². The van der Waals surface area contributed by atoms with E-state index in [4.69, 9.17) is 22.1 Å². The number of hydrogen-bond acceptors (Lipinski definition) is 6. The second-order valence-electron chi connectivity index (χ2n) is 10.9. The molecule has 0 spiro atoms. The number of rotatable bonds is 12. The summed E-state index contributed by atoms with van der Waals surface area (Å²) in [4.78, 5) is 54.4. The third-order valence-electron chi connectivity index (χ3n) is 7.60. The zero-order chi connectivity index (χ0) is 32.5. The number of amides is 4. The molecular formula is C35H34ClN5O5. The second-order valence-corrected chi connectivity index (χ2v) is 11.1. The Labute approximate surface area is 270 Å². The van der Waals surface area contributed by atoms with E-state index in [0.717, 1.165) is 43.9 Å². The number of imide groups is 1. The molecule has 1 aromatic heterocycles. The van der Waals surface area contributed by atoms with Crippen LogP contribution in [0.2, 0.25) is 0 Å². The first-order valence-electron chi connectivity index (χ1n) is 14.8. The summed E-state index contributed by atoms with van der Waals surface area (Å²) in [7, 11) is 0. The van der Waals surface area contributed by atoms with Gasteiger partial charge >= 0.3 is 6.09 Å². The molecule has 0 saturated heterocycles. The van der Waals surface area contributed by atoms with Crippen LogP contribution in [0.15, 0.2) is 97.2 Å². The van der Waals surface area contributed by atoms with Crippen LogP contribution in [0.25, 0.3) is 21.7 Å². The van der Waals surface area contributed by atoms with Crippen LogP contribution in [0, 0.1) is 0 Å². The summed E-state index contributed by atoms with van der Waals surface area (Å²) in [6, 6.07) is 26.3. The zero-order valence-electron chi connectivity index (χ0n) is 24.9. The summed E-state index contributed by atoms with van der Waals surface area (Å²) in [5.74, 6) is -1.58. The number of ether oxygens (including phenoxy) is 1. The van der Waals surface area contributed by atoms with Crippen LogP contribution in [0.3, 0.4) is 0 Å². The van der Waals surface area contributed by atoms with Gasteiger partial charge in [0.2, 0.25) is 17.7 Å². The van der Waals surface area contributed by atoms with Crippen LogP contribution < -0.4 is 21.7 Å². The van der Waals surface area contributed by atoms with Gasteiger partial charge in [-0.05, 0) is 45.5 Å². The molecule has 0 saturated carbocycles. The highest BCUT2D eigenvalue weighted by atomic mass is 35.5. The number of nitrogens with two attached hydrogens (primary N) is 1. The summed E-state index contributed by atoms with van der Waals surface area (Å²) >= 11 is 5.91. The van der Waals surface area contributed by atoms with Crippen LogP contribution in [0.1, 0.15) is 22.3 Å². The van der Waals surface area contributed by atoms with Gasteiger partial charge in [0.25, 0.3) is 0 Å². The predicted molar refractivity (Wildman–Crippen MR) is 177 cm³/mol. The number of para-hydroxylation sites is 1. The Morgan fingerprint density at radius 2 is 1.48 bits per heavy atom. The molecule has 1 unspecified atom stereocenters. The Bertz CT molecular complexity index is 1850. The van der Waals surface area contributed by atoms with E-state index < -0.39 is 42.4 Å². The van der Waals surface area contributed by atoms with E-state index in [1.807, 2.05) is 97.2 Å². The molecule has 236 valence electrons. The van der Waals surface area contributed by atoms with Crippen molar-refractivity contribution in [1.29, 1.82) is 0 Å². The molecule has 0 fully saturated rings. The monoisotopic (exact) mass is 639 g/mol. The van der Waals surface area contributed by atoms with Crippen molar-refractivity contribution in [3.63, 3.8) is 0 Å². The summed E-state index contributed by atoms with van der Waals surface area (Å²) < 4.78 is 5.24. The number of benzene rings is 4. The van der Waals surface area contributed by atoms with Crippen LogP contribution in [0.4, 0.5) is 4.79 Å². The van der Waals surface area contributed by atoms with Gasteiger partial charge in [0, 0.05) is 29.4 Å². The minimum Gasteiger partial charge on any atom is -0.444 e. The van der Waals surface area contributed by atoms with Crippen molar-refractivity contribution >= 4 is 57.1 Å². The number of carbonyl (C=O) groups excluding carboxylic acids is 4. The number of aromatic amines is 1. The topological polar surface area (TPSA) is 155 Å². The quantitative estimate of drug-likeness (QED) is 0.129. The first-order valence-corrected chi connectivity index (χ1v) is 15.3. The molecule has 46 heavy (non-hydrogen) atoms. The third-order valence-corrected chi connectivity index (χ3v) is 7.91. The van der Waals surface area contributed by atoms with Gasteiger partial charge in [-0.3, -0.25) is 19.7 Å². The molecule has 6 N–H and O–H groups in total. The number of alkyl halides is 1. The van der Waals surface area contributed by atoms with E-state index >= 15 is 0 Å². The van der Waals surface area contributed by atoms with E-state index in [-0.39, 0.29) is 19.4 Å². The summed E-state index contributed by atoms with van der Waals surface area (Å²) in [6.07, 6.45) is 1.25. The molecule has 5 rings (SSSR count). The SMILES string of the molecule is N[C@@H](Cc1c[nH]c2ccccc12)C(=O)NC(Cc1ccc(CCl)cc1)C(=O)NCC(=O)NC(=O)OCc1cccc2ccccc12. The Morgan fingerprint density at radius 3 is 2.26 bits per heavy atom. The lowest BCUT2D eigenvalue weighted by atomic mass is 10.0. The number of nitrogens with one attached hydrogen (secondary N) is 4. The Balaban J connectivity index is 1.17. The smallest absolute Gasteiger partial charge is 0.414 e. The van der Waals surface area contributed by atoms with Crippen LogP contribution in [-0.2, 0) is 44.4 Å². The molecule has 0 bridgehead atoms. The average Bonchev–Trinajstić information content (AvgIpc) is 3.48. The van der Waals surface area contributed by atoms with Crippen molar-refractivity contribution in [2.24, 2.45) is 5.73 Å². The van der Waals surface area contributed by atoms with Gasteiger partial charge in [-0.15, -0.1) is 11.6 Å². The lowest BCUT2D eigenvalue weighted by molar-refractivity contribution is -0.130. The molecule has 4 amide bonds. The summed E-state index contributed by atoms with van der Waals surface area (Å²) in [5, 5.41) is 10.2. The molecule has 0 aliphatic rings. The lowest BCUT2D eigenvalue weighted by Gasteiger charge is -2.21. The fraction of sp³-hybridized carbons (Fsp3) is 0.200. The number of fused-ring (bicyclic) bond motifs is 2. The highest BCUT2D eigenvalue weighted by molar-refractivity contribution is 6.17. The number of hydrogen-bond donors (Lipinski definition) is 5. The van der Waals surface area contributed by atoms with Gasteiger partial charge in [-0.1, -0.05) is 84.9 Å². The fourth-order valence-electron chi connectivity index (χ4n) is 5.16. The maximum Gasteiger partial charge on any atom is 0.414 e. The average molecular weight is 640 g/mol. The number of H-pyrrole nitrogens is 1. The van der Waals surface area contributed by atoms with Crippen molar-refractivity contribution in [2.75, 3.05) is 6.54 Å². The van der Waals surface area contributed by atoms with Gasteiger partial charge < -0.3 is 26.1 Å². The number of alkyl carbamates (subject to hydrolysis) is 1. The van der Waals surface area contributed by atoms with Gasteiger partial charge in [-0.25, -0.2) is 4.79 Å². The maximum absolute atomic E-state index is 13.3. The third kappa shape index (κ3) is 8.29. The molecule has 0 radical (unpaired) electrons. The Morgan fingerprint density at radius 1 is 0.783 bits per heavy atom. The fourth-order valence-corrected chi connectivity index (χ4v) is 5.34. The van der Waals surface area contributed by atoms with Crippen molar-refractivity contribution in [1.82, 2.24) is 20.9 Å². The number of halogens is 1. The first-order chi connectivity index (χ1) is 22.3. The highest BCUT2D eigenvalue weighted by Gasteiger charge is 2.25. The minimum atomic E-state index is -1.05. The second kappa shape index (κ2) is 15.2. The van der Waals surface area contributed by atoms with E-state index in [1.165, 1.54) is 0 Å². The first kappa shape index (κ1) is 32.2. The Kier molecular flexibility index (Phi) is 10.6. The molecule has 4 aromatic carbocycles. The van der Waals surface area contributed by atoms with Crippen molar-refractivity contribution in [3.8, 4) is 0 Å². The van der Waals surface area contributed by atoms with Crippen LogP contribution in [0.5, 0.6) is 0 Å². The standard InChI is InChI=1S/C35H34ClN5O5/c36-18-23-14-12-22(13-15-23)16-31(40-33(43)29(37)17-26-19-38-30-11-4-3-10-28(26)30)34(44)39-20-32(42)41-35(45)46-21-25-8-5-7-24-6-1-2-9-27(24)25/h1-15,19,29,31,38H,16-18,20-21,37H2,(H,39,44)(H,40,43)(H,41,42,45)/t29-,31?/m0/s1. The normalized spacial score (nSPS) is 12.3. The summed E-state index contributed by atoms with van der Waals surface area (Å²) in [6.45, 7) is -0.552. The molecule has 2 atom stereocenters. The maximum atomic E-state index is 13.3. The van der Waals surface area contributed by atoms with Crippen LogP contribution in [-0.4, -0.2) is 47.4 Å². The molecule has 0 aliphatic heterocycles. The molecule has 0 aliphatic carbocycles. The molecular weight excluding hydrogens is 606 g/mol. The van der Waals surface area contributed by atoms with Gasteiger partial charge in [-0.2, -0.15) is 0 Å². The van der Waals surface area contributed by atoms with Crippen LogP contribution >= 0.6 is 11.6 Å². The zero-order valence-corrected chi connectivity index (χ0v) is 25.7. The molecule has 11 heteroatoms. The van der Waals surface area contributed by atoms with E-state index in [1.54, 1.807) is 0 Å². The van der Waals surface area contributed by atoms with E-state index in [9.17, 15) is 19.2 Å². The minimum absolute atomic E-state index is 0.0394. The van der Waals surface area contributed by atoms with E-state index in [0.29, 0.717) is 5.88 Å². The van der Waals surface area contributed by atoms with Gasteiger partial charge in [0.1, 0.15) is 12.6 Å². The Hall–Kier alpha value is -5.19. The highest BCUT2D eigenvalue weighted by Crippen LogP contribution is 2.20. The molecule has 5 aromatic rings. The lowest BCUT2D eigenvalue weighted by Crippen LogP contribution is -2.54. The van der Waals surface area contributed by atoms with Crippen molar-refractivity contribution in [3.05, 3.63) is 119 Å². The number of aromatic nitrogens is 1. The largest absolute Gasteiger partial charge is 0.444 e. The summed E-state index contributed by atoms with van der Waals surface area (Å²) in [5.41, 5.74) is 10.5. The van der Waals surface area contributed by atoms with Crippen molar-refractivity contribution in [2.45, 2.75) is 37.4 Å². The van der Waals surface area contributed by atoms with E-state index in [2.05, 4.69) is 20.9 Å². The predicted octanol–water partition coefficient (Wildman–Crippen LogP) is 4.23. The number of carbonyl (C=O) groups is 4. The molecule has 1 heterocycles. The molecule has 10 nitrogen and oxygen atoms in total. The van der Waals surface area contributed by atoms with Gasteiger partial charge in [0.05, 0.1) is 12.6 Å².